The van der Waals surface area contributed by atoms with Crippen LogP contribution in [0.25, 0.3) is 27.9 Å². The number of methoxy groups -OCH3 is 1. The summed E-state index contributed by atoms with van der Waals surface area (Å²) in [7, 11) is 1.29. The lowest BCUT2D eigenvalue weighted by Gasteiger charge is -2.29. The molecule has 11 nitrogen and oxygen atoms in total. The summed E-state index contributed by atoms with van der Waals surface area (Å²) in [6.07, 6.45) is 4.76. The van der Waals surface area contributed by atoms with Gasteiger partial charge in [-0.2, -0.15) is 54.0 Å². The minimum absolute atomic E-state index is 0. The molecule has 0 radical (unpaired) electrons. The van der Waals surface area contributed by atoms with Gasteiger partial charge in [-0.15, -0.1) is 0 Å². The number of nitrogens with one attached hydrogen (secondary N) is 3. The van der Waals surface area contributed by atoms with Crippen molar-refractivity contribution >= 4 is 88.5 Å². The molecule has 0 saturated carbocycles. The lowest BCUT2D eigenvalue weighted by atomic mass is 9.96. The van der Waals surface area contributed by atoms with Crippen LogP contribution in [0.15, 0.2) is 55.2 Å². The molecular formula is C39H57N7O4S4. The number of hydrogen-bond acceptors (Lipinski definition) is 6. The first-order chi connectivity index (χ1) is 24.0. The molecule has 4 heterocycles. The van der Waals surface area contributed by atoms with Gasteiger partial charge >= 0.3 is 6.09 Å². The molecule has 3 amide bonds. The number of nitrogens with zero attached hydrogens (tertiary/aromatic N) is 4. The van der Waals surface area contributed by atoms with Crippen LogP contribution in [0.2, 0.25) is 0 Å². The molecule has 2 aliphatic heterocycles. The van der Waals surface area contributed by atoms with Crippen LogP contribution >= 0.6 is 54.0 Å². The first-order valence-electron chi connectivity index (χ1n) is 17.8. The zero-order valence-corrected chi connectivity index (χ0v) is 36.0. The number of carbonyl (C=O) groups excluding carboxylic acids is 3. The lowest BCUT2D eigenvalue weighted by Crippen LogP contribution is -2.51. The van der Waals surface area contributed by atoms with E-state index in [0.29, 0.717) is 12.5 Å². The quantitative estimate of drug-likeness (QED) is 0.152. The number of alkyl carbamates (subject to hydrolysis) is 1. The maximum atomic E-state index is 13.6. The maximum absolute atomic E-state index is 13.6. The highest BCUT2D eigenvalue weighted by molar-refractivity contribution is 7.59. The smallest absolute Gasteiger partial charge is 0.407 e. The SMILES string of the molecule is C=C(c1ccc(-c2cnc(C3CCCN3C(=O)[C@@H](C)C(C)C)[nH]2)cc1)c1ccc2nc([C@@H]3CCCN3C(=O)[C@@H](NC(=O)OC)C(C)C)[nH]c2c1.S.S.S.S. The van der Waals surface area contributed by atoms with Gasteiger partial charge in [0.05, 0.1) is 42.1 Å². The molecule has 3 N–H and O–H groups in total. The maximum Gasteiger partial charge on any atom is 0.407 e. The summed E-state index contributed by atoms with van der Waals surface area (Å²) in [5.74, 6) is 1.82. The summed E-state index contributed by atoms with van der Waals surface area (Å²) in [6, 6.07) is 13.4. The fourth-order valence-electron chi connectivity index (χ4n) is 7.10. The van der Waals surface area contributed by atoms with Gasteiger partial charge in [0.1, 0.15) is 17.7 Å². The second-order valence-electron chi connectivity index (χ2n) is 14.4. The Kier molecular flexibility index (Phi) is 17.2. The van der Waals surface area contributed by atoms with Crippen molar-refractivity contribution in [1.82, 2.24) is 35.1 Å². The Hall–Kier alpha value is -3.53. The molecule has 0 aliphatic carbocycles. The van der Waals surface area contributed by atoms with Gasteiger partial charge in [-0.1, -0.05) is 71.5 Å². The summed E-state index contributed by atoms with van der Waals surface area (Å²) in [5, 5.41) is 2.70. The van der Waals surface area contributed by atoms with E-state index in [4.69, 9.17) is 14.7 Å². The van der Waals surface area contributed by atoms with E-state index in [1.807, 2.05) is 48.9 Å². The number of likely N-dealkylation sites (tertiary alicyclic amines) is 2. The number of H-pyrrole nitrogens is 2. The number of aromatic nitrogens is 4. The van der Waals surface area contributed by atoms with E-state index in [2.05, 4.69) is 66.0 Å². The Morgan fingerprint density at radius 3 is 2.00 bits per heavy atom. The lowest BCUT2D eigenvalue weighted by molar-refractivity contribution is -0.137. The number of ether oxygens (including phenoxy) is 1. The largest absolute Gasteiger partial charge is 0.453 e. The molecule has 4 aromatic rings. The predicted octanol–water partition coefficient (Wildman–Crippen LogP) is 7.47. The van der Waals surface area contributed by atoms with Gasteiger partial charge in [0.2, 0.25) is 11.8 Å². The van der Waals surface area contributed by atoms with E-state index < -0.39 is 12.1 Å². The summed E-state index contributed by atoms with van der Waals surface area (Å²) < 4.78 is 4.76. The van der Waals surface area contributed by atoms with Crippen LogP contribution in [0, 0.1) is 17.8 Å². The number of hydrogen-bond donors (Lipinski definition) is 3. The Morgan fingerprint density at radius 2 is 1.41 bits per heavy atom. The third-order valence-corrected chi connectivity index (χ3v) is 10.5. The van der Waals surface area contributed by atoms with E-state index >= 15 is 0 Å². The number of amides is 3. The molecular weight excluding hydrogens is 759 g/mol. The average Bonchev–Trinajstić information content (AvgIpc) is 3.94. The van der Waals surface area contributed by atoms with Gasteiger partial charge < -0.3 is 29.8 Å². The topological polar surface area (TPSA) is 136 Å². The van der Waals surface area contributed by atoms with Crippen LogP contribution in [-0.4, -0.2) is 73.9 Å². The van der Waals surface area contributed by atoms with E-state index in [0.717, 1.165) is 82.9 Å². The van der Waals surface area contributed by atoms with Crippen LogP contribution in [0.3, 0.4) is 0 Å². The van der Waals surface area contributed by atoms with Crippen molar-refractivity contribution in [2.45, 2.75) is 78.4 Å². The molecule has 54 heavy (non-hydrogen) atoms. The molecule has 2 aromatic carbocycles. The number of rotatable bonds is 10. The van der Waals surface area contributed by atoms with Crippen LogP contribution in [-0.2, 0) is 14.3 Å². The van der Waals surface area contributed by atoms with E-state index in [1.54, 1.807) is 0 Å². The van der Waals surface area contributed by atoms with Crippen molar-refractivity contribution in [1.29, 1.82) is 0 Å². The monoisotopic (exact) mass is 815 g/mol. The first-order valence-corrected chi connectivity index (χ1v) is 17.8. The molecule has 1 unspecified atom stereocenters. The van der Waals surface area contributed by atoms with Gasteiger partial charge in [-0.3, -0.25) is 9.59 Å². The Labute approximate surface area is 346 Å². The molecule has 4 atom stereocenters. The molecule has 296 valence electrons. The van der Waals surface area contributed by atoms with E-state index in [-0.39, 0.29) is 89.7 Å². The van der Waals surface area contributed by atoms with Crippen LogP contribution in [0.5, 0.6) is 0 Å². The van der Waals surface area contributed by atoms with Crippen molar-refractivity contribution in [2.24, 2.45) is 17.8 Å². The highest BCUT2D eigenvalue weighted by atomic mass is 32.1. The second kappa shape index (κ2) is 19.9. The average molecular weight is 816 g/mol. The number of imidazole rings is 2. The zero-order valence-electron chi connectivity index (χ0n) is 32.0. The minimum Gasteiger partial charge on any atom is -0.453 e. The summed E-state index contributed by atoms with van der Waals surface area (Å²) in [4.78, 5) is 59.0. The second-order valence-corrected chi connectivity index (χ2v) is 14.4. The molecule has 2 saturated heterocycles. The molecule has 2 aliphatic rings. The number of aromatic amines is 2. The van der Waals surface area contributed by atoms with Crippen LogP contribution in [0.4, 0.5) is 4.79 Å². The Bertz CT molecular complexity index is 1890. The van der Waals surface area contributed by atoms with Crippen molar-refractivity contribution in [2.75, 3.05) is 20.2 Å². The normalized spacial score (nSPS) is 17.6. The first kappa shape index (κ1) is 46.6. The Balaban J connectivity index is 0.00000252. The highest BCUT2D eigenvalue weighted by Crippen LogP contribution is 2.35. The van der Waals surface area contributed by atoms with Gasteiger partial charge in [0, 0.05) is 19.0 Å². The van der Waals surface area contributed by atoms with Crippen molar-refractivity contribution < 1.29 is 19.1 Å². The third kappa shape index (κ3) is 9.64. The zero-order chi connectivity index (χ0) is 35.7. The predicted molar refractivity (Wildman–Crippen MR) is 235 cm³/mol. The molecule has 2 fully saturated rings. The van der Waals surface area contributed by atoms with Gasteiger partial charge in [0.15, 0.2) is 0 Å². The standard InChI is InChI=1S/C39H49N7O4.4H2S/c1-22(2)24(5)37(47)45-18-8-10-32(45)35-40-21-31(43-35)27-14-12-26(13-15-27)25(6)28-16-17-29-30(20-28)42-36(41-29)33-11-9-19-46(33)38(48)34(23(3)4)44-39(49)50-7;;;;/h12-17,20-24,32-34H,6,8-11,18-19H2,1-5,7H3,(H,40,43)(H,41,42)(H,44,49);4*1H2/t24-,32?,33-,34-;;;;/m0..../s1. The molecule has 0 spiro atoms. The van der Waals surface area contributed by atoms with Gasteiger partial charge in [-0.05, 0) is 71.9 Å². The van der Waals surface area contributed by atoms with Crippen molar-refractivity contribution in [3.8, 4) is 11.3 Å². The summed E-state index contributed by atoms with van der Waals surface area (Å²) >= 11 is 0. The van der Waals surface area contributed by atoms with E-state index in [9.17, 15) is 14.4 Å². The summed E-state index contributed by atoms with van der Waals surface area (Å²) in [5.41, 5.74) is 6.45. The van der Waals surface area contributed by atoms with Gasteiger partial charge in [0.25, 0.3) is 0 Å². The fraction of sp³-hybridized carbons (Fsp3) is 0.462. The van der Waals surface area contributed by atoms with Crippen LogP contribution in [0.1, 0.15) is 95.2 Å². The van der Waals surface area contributed by atoms with Crippen molar-refractivity contribution in [3.63, 3.8) is 0 Å². The highest BCUT2D eigenvalue weighted by Gasteiger charge is 2.38. The number of benzene rings is 2. The minimum atomic E-state index is -0.684. The third-order valence-electron chi connectivity index (χ3n) is 10.5. The van der Waals surface area contributed by atoms with Gasteiger partial charge in [-0.25, -0.2) is 14.8 Å². The number of fused-ring (bicyclic) bond motifs is 1. The fourth-order valence-corrected chi connectivity index (χ4v) is 7.10. The molecule has 6 rings (SSSR count). The Morgan fingerprint density at radius 1 is 0.815 bits per heavy atom. The number of carbonyl (C=O) groups is 3. The molecule has 15 heteroatoms. The molecule has 0 bridgehead atoms. The van der Waals surface area contributed by atoms with Crippen LogP contribution < -0.4 is 5.32 Å². The van der Waals surface area contributed by atoms with E-state index in [1.165, 1.54) is 7.11 Å². The summed E-state index contributed by atoms with van der Waals surface area (Å²) in [6.45, 7) is 15.8. The van der Waals surface area contributed by atoms with Crippen molar-refractivity contribution in [3.05, 3.63) is 78.0 Å². The molecule has 2 aromatic heterocycles.